The third-order valence-electron chi connectivity index (χ3n) is 4.53. The zero-order chi connectivity index (χ0) is 19.4. The summed E-state index contributed by atoms with van der Waals surface area (Å²) >= 11 is 1.67. The predicted octanol–water partition coefficient (Wildman–Crippen LogP) is 2.54. The van der Waals surface area contributed by atoms with E-state index in [4.69, 9.17) is 9.15 Å². The van der Waals surface area contributed by atoms with Gasteiger partial charge in [0.25, 0.3) is 0 Å². The number of ketones is 1. The molecule has 1 atom stereocenters. The number of Topliss-reactive ketones (excluding diaryl/α,β-unsaturated/α-hetero) is 1. The number of carbonyl (C=O) groups is 2. The number of nitrogens with one attached hydrogen (secondary N) is 2. The van der Waals surface area contributed by atoms with E-state index >= 15 is 0 Å². The summed E-state index contributed by atoms with van der Waals surface area (Å²) in [4.78, 5) is 30.3. The number of ether oxygens (including phenoxy) is 1. The van der Waals surface area contributed by atoms with Crippen molar-refractivity contribution in [3.8, 4) is 0 Å². The highest BCUT2D eigenvalue weighted by Crippen LogP contribution is 2.19. The van der Waals surface area contributed by atoms with Crippen molar-refractivity contribution in [3.63, 3.8) is 0 Å². The maximum absolute atomic E-state index is 13.0. The number of methoxy groups -OCH3 is 1. The highest BCUT2D eigenvalue weighted by atomic mass is 32.1. The van der Waals surface area contributed by atoms with Crippen LogP contribution in [0.15, 0.2) is 40.3 Å². The van der Waals surface area contributed by atoms with Gasteiger partial charge in [-0.25, -0.2) is 4.79 Å². The fourth-order valence-corrected chi connectivity index (χ4v) is 4.04. The van der Waals surface area contributed by atoms with E-state index in [1.165, 1.54) is 12.0 Å². The van der Waals surface area contributed by atoms with Crippen LogP contribution in [0, 0.1) is 13.8 Å². The Morgan fingerprint density at radius 2 is 2.04 bits per heavy atom. The first kappa shape index (κ1) is 19.1. The van der Waals surface area contributed by atoms with Gasteiger partial charge < -0.3 is 19.0 Å². The van der Waals surface area contributed by atoms with Crippen LogP contribution in [0.2, 0.25) is 0 Å². The molecule has 7 heteroatoms. The van der Waals surface area contributed by atoms with E-state index in [1.807, 2.05) is 23.6 Å². The lowest BCUT2D eigenvalue weighted by Gasteiger charge is -2.17. The number of esters is 1. The van der Waals surface area contributed by atoms with Gasteiger partial charge in [-0.3, -0.25) is 4.79 Å². The monoisotopic (exact) mass is 387 g/mol. The molecule has 0 aliphatic rings. The van der Waals surface area contributed by atoms with Gasteiger partial charge in [0.1, 0.15) is 19.6 Å². The first-order valence-corrected chi connectivity index (χ1v) is 9.56. The van der Waals surface area contributed by atoms with Crippen molar-refractivity contribution < 1.29 is 23.6 Å². The zero-order valence-electron chi connectivity index (χ0n) is 15.6. The van der Waals surface area contributed by atoms with E-state index in [2.05, 4.69) is 11.1 Å². The summed E-state index contributed by atoms with van der Waals surface area (Å²) in [5.74, 6) is 0.367. The molecular formula is C20H23N2O4S+. The van der Waals surface area contributed by atoms with Gasteiger partial charge in [-0.15, -0.1) is 11.3 Å². The lowest BCUT2D eigenvalue weighted by molar-refractivity contribution is -0.919. The molecule has 27 heavy (non-hydrogen) atoms. The van der Waals surface area contributed by atoms with E-state index in [1.54, 1.807) is 31.4 Å². The Morgan fingerprint density at radius 1 is 1.22 bits per heavy atom. The lowest BCUT2D eigenvalue weighted by Crippen LogP contribution is -3.10. The molecule has 0 aromatic carbocycles. The van der Waals surface area contributed by atoms with E-state index < -0.39 is 5.97 Å². The smallest absolute Gasteiger partial charge is 0.339 e. The van der Waals surface area contributed by atoms with E-state index in [0.29, 0.717) is 35.6 Å². The van der Waals surface area contributed by atoms with Gasteiger partial charge in [0.2, 0.25) is 5.78 Å². The molecule has 0 amide bonds. The number of hydrogen-bond donors (Lipinski definition) is 2. The second-order valence-electron chi connectivity index (χ2n) is 6.48. The molecule has 0 saturated heterocycles. The van der Waals surface area contributed by atoms with Crippen molar-refractivity contribution in [1.29, 1.82) is 0 Å². The Labute approximate surface area is 161 Å². The van der Waals surface area contributed by atoms with Crippen molar-refractivity contribution >= 4 is 23.1 Å². The molecule has 0 saturated carbocycles. The summed E-state index contributed by atoms with van der Waals surface area (Å²) in [6.07, 6.45) is 1.64. The Hall–Kier alpha value is -2.64. The molecule has 3 aromatic rings. The number of rotatable bonds is 8. The van der Waals surface area contributed by atoms with Gasteiger partial charge in [-0.1, -0.05) is 6.07 Å². The summed E-state index contributed by atoms with van der Waals surface area (Å²) in [5, 5.41) is 2.03. The molecule has 142 valence electrons. The van der Waals surface area contributed by atoms with E-state index in [9.17, 15) is 9.59 Å². The minimum Gasteiger partial charge on any atom is -0.465 e. The molecule has 0 radical (unpaired) electrons. The fraction of sp³-hybridized carbons (Fsp3) is 0.300. The van der Waals surface area contributed by atoms with E-state index in [0.717, 1.165) is 17.2 Å². The highest BCUT2D eigenvalue weighted by Gasteiger charge is 2.25. The van der Waals surface area contributed by atoms with Crippen molar-refractivity contribution in [2.45, 2.75) is 26.9 Å². The van der Waals surface area contributed by atoms with Crippen molar-refractivity contribution in [1.82, 2.24) is 4.98 Å². The average Bonchev–Trinajstić information content (AvgIpc) is 3.37. The van der Waals surface area contributed by atoms with Gasteiger partial charge in [-0.2, -0.15) is 0 Å². The predicted molar refractivity (Wildman–Crippen MR) is 102 cm³/mol. The normalized spacial score (nSPS) is 12.1. The highest BCUT2D eigenvalue weighted by molar-refractivity contribution is 7.09. The quantitative estimate of drug-likeness (QED) is 0.460. The van der Waals surface area contributed by atoms with Crippen LogP contribution in [0.1, 0.15) is 42.7 Å². The number of carbonyl (C=O) groups excluding carboxylic acids is 2. The topological polar surface area (TPSA) is 76.7 Å². The van der Waals surface area contributed by atoms with Crippen molar-refractivity contribution in [2.24, 2.45) is 0 Å². The van der Waals surface area contributed by atoms with E-state index in [-0.39, 0.29) is 5.78 Å². The Morgan fingerprint density at radius 3 is 2.67 bits per heavy atom. The van der Waals surface area contributed by atoms with Crippen LogP contribution in [0.4, 0.5) is 0 Å². The number of furan rings is 1. The number of H-pyrrole nitrogens is 1. The van der Waals surface area contributed by atoms with Crippen molar-refractivity contribution in [2.75, 3.05) is 13.7 Å². The maximum atomic E-state index is 13.0. The fourth-order valence-electron chi connectivity index (χ4n) is 3.26. The Balaban J connectivity index is 1.80. The molecular weight excluding hydrogens is 364 g/mol. The maximum Gasteiger partial charge on any atom is 0.339 e. The van der Waals surface area contributed by atoms with Gasteiger partial charge in [-0.05, 0) is 43.0 Å². The number of aryl methyl sites for hydroxylation is 1. The minimum atomic E-state index is -0.432. The Bertz CT molecular complexity index is 874. The molecule has 3 aromatic heterocycles. The van der Waals surface area contributed by atoms with Crippen LogP contribution in [0.3, 0.4) is 0 Å². The lowest BCUT2D eigenvalue weighted by atomic mass is 10.1. The van der Waals surface area contributed by atoms with Crippen molar-refractivity contribution in [3.05, 3.63) is 69.1 Å². The number of thiophene rings is 1. The molecule has 2 N–H and O–H groups in total. The standard InChI is InChI=1S/C20H22N2O4S/c1-13-18(20(24)25-3)14(2)21-19(13)17(23)12-22(10-15-6-4-8-26-15)11-16-7-5-9-27-16/h4-9,21H,10-12H2,1-3H3/p+1. The van der Waals surface area contributed by atoms with Gasteiger partial charge >= 0.3 is 5.97 Å². The van der Waals surface area contributed by atoms with Gasteiger partial charge in [0, 0.05) is 5.69 Å². The minimum absolute atomic E-state index is 0.0381. The van der Waals surface area contributed by atoms with Crippen LogP contribution in [0.25, 0.3) is 0 Å². The first-order chi connectivity index (χ1) is 13.0. The second-order valence-corrected chi connectivity index (χ2v) is 7.51. The molecule has 0 aliphatic heterocycles. The van der Waals surface area contributed by atoms with Gasteiger partial charge in [0.05, 0.1) is 29.5 Å². The first-order valence-electron chi connectivity index (χ1n) is 8.68. The summed E-state index contributed by atoms with van der Waals surface area (Å²) in [5.41, 5.74) is 2.19. The third kappa shape index (κ3) is 4.37. The summed E-state index contributed by atoms with van der Waals surface area (Å²) in [6, 6.07) is 7.84. The largest absolute Gasteiger partial charge is 0.465 e. The third-order valence-corrected chi connectivity index (χ3v) is 5.40. The summed E-state index contributed by atoms with van der Waals surface area (Å²) in [7, 11) is 1.34. The Kier molecular flexibility index (Phi) is 5.93. The molecule has 0 bridgehead atoms. The molecule has 3 rings (SSSR count). The molecule has 3 heterocycles. The molecule has 0 fully saturated rings. The van der Waals surface area contributed by atoms with Gasteiger partial charge in [0.15, 0.2) is 5.76 Å². The number of hydrogen-bond acceptors (Lipinski definition) is 5. The number of aromatic amines is 1. The average molecular weight is 387 g/mol. The van der Waals surface area contributed by atoms with Crippen LogP contribution < -0.4 is 4.90 Å². The molecule has 6 nitrogen and oxygen atoms in total. The zero-order valence-corrected chi connectivity index (χ0v) is 16.4. The SMILES string of the molecule is COC(=O)c1c(C)[nH]c(C(=O)C[NH+](Cc2ccco2)Cc2cccs2)c1C. The van der Waals surface area contributed by atoms with Crippen LogP contribution in [-0.2, 0) is 17.8 Å². The molecule has 0 spiro atoms. The van der Waals surface area contributed by atoms with Crippen LogP contribution in [-0.4, -0.2) is 30.4 Å². The molecule has 1 unspecified atom stereocenters. The summed E-state index contributed by atoms with van der Waals surface area (Å²) in [6.45, 7) is 5.18. The van der Waals surface area contributed by atoms with Crippen LogP contribution in [0.5, 0.6) is 0 Å². The molecule has 0 aliphatic carbocycles. The summed E-state index contributed by atoms with van der Waals surface area (Å²) < 4.78 is 10.3. The second kappa shape index (κ2) is 8.37. The number of aromatic nitrogens is 1. The number of quaternary nitrogens is 1. The van der Waals surface area contributed by atoms with Crippen LogP contribution >= 0.6 is 11.3 Å².